The zero-order chi connectivity index (χ0) is 10.3. The molecule has 84 valence electrons. The van der Waals surface area contributed by atoms with Crippen LogP contribution in [0.5, 0.6) is 0 Å². The first-order valence-corrected chi connectivity index (χ1v) is 6.68. The number of hydrogen-bond donors (Lipinski definition) is 1. The molecular weight excluding hydrogens is 206 g/mol. The summed E-state index contributed by atoms with van der Waals surface area (Å²) in [5.41, 5.74) is 0. The van der Waals surface area contributed by atoms with Crippen molar-refractivity contribution in [1.82, 2.24) is 5.32 Å². The lowest BCUT2D eigenvalue weighted by atomic mass is 10.2. The Hall–Kier alpha value is -0.380. The van der Waals surface area contributed by atoms with Gasteiger partial charge in [-0.15, -0.1) is 11.3 Å². The van der Waals surface area contributed by atoms with Gasteiger partial charge in [0.15, 0.2) is 0 Å². The van der Waals surface area contributed by atoms with Crippen LogP contribution in [0.4, 0.5) is 0 Å². The van der Waals surface area contributed by atoms with Crippen LogP contribution in [0.25, 0.3) is 0 Å². The van der Waals surface area contributed by atoms with Gasteiger partial charge in [0.25, 0.3) is 0 Å². The van der Waals surface area contributed by atoms with Gasteiger partial charge in [0.1, 0.15) is 0 Å². The molecule has 1 aliphatic heterocycles. The molecule has 1 fully saturated rings. The van der Waals surface area contributed by atoms with Crippen molar-refractivity contribution in [3.63, 3.8) is 0 Å². The van der Waals surface area contributed by atoms with Crippen molar-refractivity contribution < 1.29 is 4.74 Å². The van der Waals surface area contributed by atoms with Crippen LogP contribution in [0.1, 0.15) is 24.1 Å². The minimum atomic E-state index is 0.527. The number of ether oxygens (including phenoxy) is 1. The molecule has 1 atom stereocenters. The van der Waals surface area contributed by atoms with Crippen LogP contribution >= 0.6 is 11.3 Å². The molecule has 0 radical (unpaired) electrons. The van der Waals surface area contributed by atoms with E-state index in [1.807, 2.05) is 11.3 Å². The lowest BCUT2D eigenvalue weighted by molar-refractivity contribution is 0.104. The molecule has 2 rings (SSSR count). The van der Waals surface area contributed by atoms with E-state index >= 15 is 0 Å². The predicted octanol–water partition coefficient (Wildman–Crippen LogP) is 2.45. The molecule has 0 aliphatic carbocycles. The molecule has 0 bridgehead atoms. The first-order valence-electron chi connectivity index (χ1n) is 5.80. The SMILES string of the molecule is c1csc(CCNCCC2CCCO2)c1. The van der Waals surface area contributed by atoms with Crippen molar-refractivity contribution in [1.29, 1.82) is 0 Å². The summed E-state index contributed by atoms with van der Waals surface area (Å²) >= 11 is 1.84. The molecule has 1 N–H and O–H groups in total. The monoisotopic (exact) mass is 225 g/mol. The van der Waals surface area contributed by atoms with Crippen LogP contribution in [-0.2, 0) is 11.2 Å². The highest BCUT2D eigenvalue weighted by molar-refractivity contribution is 7.09. The third-order valence-corrected chi connectivity index (χ3v) is 3.73. The van der Waals surface area contributed by atoms with Crippen LogP contribution in [0.3, 0.4) is 0 Å². The highest BCUT2D eigenvalue weighted by Crippen LogP contribution is 2.14. The van der Waals surface area contributed by atoms with Gasteiger partial charge in [-0.1, -0.05) is 6.07 Å². The zero-order valence-electron chi connectivity index (χ0n) is 9.08. The predicted molar refractivity (Wildman–Crippen MR) is 64.5 cm³/mol. The van der Waals surface area contributed by atoms with E-state index < -0.39 is 0 Å². The van der Waals surface area contributed by atoms with Crippen molar-refractivity contribution in [2.75, 3.05) is 19.7 Å². The molecular formula is C12H19NOS. The molecule has 1 saturated heterocycles. The summed E-state index contributed by atoms with van der Waals surface area (Å²) in [6.45, 7) is 3.16. The van der Waals surface area contributed by atoms with Crippen molar-refractivity contribution in [2.24, 2.45) is 0 Å². The molecule has 1 aliphatic rings. The van der Waals surface area contributed by atoms with Gasteiger partial charge in [-0.25, -0.2) is 0 Å². The third-order valence-electron chi connectivity index (χ3n) is 2.80. The smallest absolute Gasteiger partial charge is 0.0588 e. The Balaban J connectivity index is 1.48. The maximum atomic E-state index is 5.57. The molecule has 0 saturated carbocycles. The Labute approximate surface area is 95.6 Å². The van der Waals surface area contributed by atoms with E-state index in [1.54, 1.807) is 0 Å². The fourth-order valence-corrected chi connectivity index (χ4v) is 2.64. The van der Waals surface area contributed by atoms with Gasteiger partial charge in [0.05, 0.1) is 6.10 Å². The van der Waals surface area contributed by atoms with Gasteiger partial charge in [-0.3, -0.25) is 0 Å². The lowest BCUT2D eigenvalue weighted by Crippen LogP contribution is -2.22. The van der Waals surface area contributed by atoms with Crippen molar-refractivity contribution in [3.05, 3.63) is 22.4 Å². The summed E-state index contributed by atoms with van der Waals surface area (Å²) in [7, 11) is 0. The van der Waals surface area contributed by atoms with Crippen molar-refractivity contribution in [2.45, 2.75) is 31.8 Å². The molecule has 15 heavy (non-hydrogen) atoms. The quantitative estimate of drug-likeness (QED) is 0.751. The van der Waals surface area contributed by atoms with Crippen LogP contribution in [0.15, 0.2) is 17.5 Å². The van der Waals surface area contributed by atoms with Crippen LogP contribution in [-0.4, -0.2) is 25.8 Å². The standard InChI is InChI=1S/C12H19NOS/c1-3-11(14-9-1)5-7-13-8-6-12-4-2-10-15-12/h2,4,10-11,13H,1,3,5-9H2. The molecule has 0 spiro atoms. The Morgan fingerprint density at radius 2 is 2.47 bits per heavy atom. The zero-order valence-corrected chi connectivity index (χ0v) is 9.89. The number of nitrogens with one attached hydrogen (secondary N) is 1. The molecule has 3 heteroatoms. The average molecular weight is 225 g/mol. The van der Waals surface area contributed by atoms with E-state index in [4.69, 9.17) is 4.74 Å². The fraction of sp³-hybridized carbons (Fsp3) is 0.667. The maximum Gasteiger partial charge on any atom is 0.0588 e. The average Bonchev–Trinajstić information content (AvgIpc) is 2.88. The van der Waals surface area contributed by atoms with E-state index in [9.17, 15) is 0 Å². The minimum Gasteiger partial charge on any atom is -0.378 e. The van der Waals surface area contributed by atoms with Crippen LogP contribution < -0.4 is 5.32 Å². The fourth-order valence-electron chi connectivity index (χ4n) is 1.93. The van der Waals surface area contributed by atoms with E-state index in [2.05, 4.69) is 22.8 Å². The molecule has 0 amide bonds. The summed E-state index contributed by atoms with van der Waals surface area (Å²) in [4.78, 5) is 1.47. The largest absolute Gasteiger partial charge is 0.378 e. The maximum absolute atomic E-state index is 5.57. The van der Waals surface area contributed by atoms with E-state index in [0.717, 1.165) is 26.1 Å². The van der Waals surface area contributed by atoms with Crippen LogP contribution in [0, 0.1) is 0 Å². The number of rotatable bonds is 6. The van der Waals surface area contributed by atoms with Gasteiger partial charge in [-0.2, -0.15) is 0 Å². The lowest BCUT2D eigenvalue weighted by Gasteiger charge is -2.09. The van der Waals surface area contributed by atoms with E-state index in [-0.39, 0.29) is 0 Å². The summed E-state index contributed by atoms with van der Waals surface area (Å²) in [6, 6.07) is 4.32. The van der Waals surface area contributed by atoms with E-state index in [0.29, 0.717) is 6.10 Å². The number of thiophene rings is 1. The number of hydrogen-bond acceptors (Lipinski definition) is 3. The summed E-state index contributed by atoms with van der Waals surface area (Å²) in [6.07, 6.45) is 5.36. The molecule has 1 aromatic rings. The Kier molecular flexibility index (Phi) is 4.64. The molecule has 2 nitrogen and oxygen atoms in total. The second-order valence-electron chi connectivity index (χ2n) is 4.00. The van der Waals surface area contributed by atoms with Gasteiger partial charge in [-0.05, 0) is 50.2 Å². The first kappa shape index (κ1) is 11.1. The van der Waals surface area contributed by atoms with Gasteiger partial charge < -0.3 is 10.1 Å². The second kappa shape index (κ2) is 6.26. The van der Waals surface area contributed by atoms with Crippen LogP contribution in [0.2, 0.25) is 0 Å². The Morgan fingerprint density at radius 1 is 1.47 bits per heavy atom. The molecule has 1 unspecified atom stereocenters. The summed E-state index contributed by atoms with van der Waals surface area (Å²) in [5, 5.41) is 5.62. The van der Waals surface area contributed by atoms with Gasteiger partial charge in [0.2, 0.25) is 0 Å². The van der Waals surface area contributed by atoms with Gasteiger partial charge >= 0.3 is 0 Å². The van der Waals surface area contributed by atoms with Crippen molar-refractivity contribution >= 4 is 11.3 Å². The second-order valence-corrected chi connectivity index (χ2v) is 5.04. The topological polar surface area (TPSA) is 21.3 Å². The summed E-state index contributed by atoms with van der Waals surface area (Å²) in [5.74, 6) is 0. The Bertz CT molecular complexity index is 255. The highest BCUT2D eigenvalue weighted by atomic mass is 32.1. The highest BCUT2D eigenvalue weighted by Gasteiger charge is 2.14. The van der Waals surface area contributed by atoms with Crippen molar-refractivity contribution in [3.8, 4) is 0 Å². The van der Waals surface area contributed by atoms with E-state index in [1.165, 1.54) is 24.1 Å². The molecule has 1 aromatic heterocycles. The first-order chi connectivity index (χ1) is 7.45. The normalized spacial score (nSPS) is 20.9. The molecule has 2 heterocycles. The summed E-state index contributed by atoms with van der Waals surface area (Å²) < 4.78 is 5.57. The third kappa shape index (κ3) is 3.93. The van der Waals surface area contributed by atoms with Gasteiger partial charge in [0, 0.05) is 11.5 Å². The minimum absolute atomic E-state index is 0.527. The Morgan fingerprint density at radius 3 is 3.20 bits per heavy atom. The molecule has 0 aromatic carbocycles.